The number of hydrogen-bond donors (Lipinski definition) is 2. The summed E-state index contributed by atoms with van der Waals surface area (Å²) >= 11 is 0. The number of nitrogens with zero attached hydrogens (tertiary/aromatic N) is 1. The van der Waals surface area contributed by atoms with Crippen molar-refractivity contribution in [1.82, 2.24) is 5.32 Å². The summed E-state index contributed by atoms with van der Waals surface area (Å²) in [5.41, 5.74) is 0.376. The molecule has 3 rings (SSSR count). The van der Waals surface area contributed by atoms with Gasteiger partial charge in [0.25, 0.3) is 5.91 Å². The van der Waals surface area contributed by atoms with Crippen LogP contribution in [0.3, 0.4) is 0 Å². The molecule has 7 heteroatoms. The van der Waals surface area contributed by atoms with Crippen molar-refractivity contribution < 1.29 is 19.5 Å². The maximum atomic E-state index is 12.1. The fourth-order valence-electron chi connectivity index (χ4n) is 2.71. The number of anilines is 1. The second-order valence-electron chi connectivity index (χ2n) is 5.24. The summed E-state index contributed by atoms with van der Waals surface area (Å²) in [7, 11) is 0. The Hall–Kier alpha value is -1.63. The van der Waals surface area contributed by atoms with Gasteiger partial charge in [-0.25, -0.2) is 4.79 Å². The molecule has 2 fully saturated rings. The molecule has 0 aromatic heterocycles. The van der Waals surface area contributed by atoms with Gasteiger partial charge in [-0.05, 0) is 50.2 Å². The number of carbonyl (C=O) groups is 2. The van der Waals surface area contributed by atoms with Gasteiger partial charge in [0.1, 0.15) is 5.60 Å². The molecule has 2 N–H and O–H groups in total. The number of carboxylic acids is 1. The van der Waals surface area contributed by atoms with Gasteiger partial charge in [-0.3, -0.25) is 9.63 Å². The van der Waals surface area contributed by atoms with Crippen LogP contribution in [-0.4, -0.2) is 35.7 Å². The minimum atomic E-state index is -0.986. The molecule has 21 heavy (non-hydrogen) atoms. The number of halogens is 1. The van der Waals surface area contributed by atoms with Crippen molar-refractivity contribution in [2.75, 3.05) is 18.2 Å². The Kier molecular flexibility index (Phi) is 4.51. The fraction of sp³-hybridized carbons (Fsp3) is 0.429. The van der Waals surface area contributed by atoms with Crippen LogP contribution in [0.25, 0.3) is 0 Å². The molecule has 1 spiro atoms. The lowest BCUT2D eigenvalue weighted by Crippen LogP contribution is -2.42. The summed E-state index contributed by atoms with van der Waals surface area (Å²) in [6.07, 6.45) is 2.00. The van der Waals surface area contributed by atoms with E-state index in [1.807, 2.05) is 0 Å². The molecule has 2 aliphatic heterocycles. The third kappa shape index (κ3) is 3.02. The number of benzene rings is 1. The molecule has 2 aliphatic rings. The predicted molar refractivity (Wildman–Crippen MR) is 78.7 cm³/mol. The molecule has 1 aromatic rings. The predicted octanol–water partition coefficient (Wildman–Crippen LogP) is 1.60. The lowest BCUT2D eigenvalue weighted by Gasteiger charge is -2.32. The first kappa shape index (κ1) is 15.8. The van der Waals surface area contributed by atoms with Crippen LogP contribution in [0.15, 0.2) is 24.3 Å². The Morgan fingerprint density at radius 3 is 2.43 bits per heavy atom. The van der Waals surface area contributed by atoms with Crippen LogP contribution in [0, 0.1) is 0 Å². The van der Waals surface area contributed by atoms with Crippen molar-refractivity contribution in [2.45, 2.75) is 24.9 Å². The number of carboxylic acid groups (broad SMARTS) is 1. The first-order chi connectivity index (χ1) is 9.60. The van der Waals surface area contributed by atoms with Crippen molar-refractivity contribution in [3.63, 3.8) is 0 Å². The molecule has 0 radical (unpaired) electrons. The van der Waals surface area contributed by atoms with Gasteiger partial charge in [0.05, 0.1) is 17.7 Å². The summed E-state index contributed by atoms with van der Waals surface area (Å²) in [5.74, 6) is -1.06. The highest BCUT2D eigenvalue weighted by atomic mass is 35.5. The Bertz CT molecular complexity index is 540. The molecule has 0 aliphatic carbocycles. The molecule has 2 heterocycles. The van der Waals surface area contributed by atoms with Crippen molar-refractivity contribution in [1.29, 1.82) is 0 Å². The van der Waals surface area contributed by atoms with Crippen molar-refractivity contribution in [2.24, 2.45) is 0 Å². The Morgan fingerprint density at radius 1 is 1.24 bits per heavy atom. The second-order valence-corrected chi connectivity index (χ2v) is 5.24. The Labute approximate surface area is 128 Å². The van der Waals surface area contributed by atoms with Crippen LogP contribution in [0.2, 0.25) is 0 Å². The highest BCUT2D eigenvalue weighted by Crippen LogP contribution is 2.37. The standard InChI is InChI=1S/C14H16N2O4.ClH/c17-12-9-14(5-7-15-8-6-14)20-16(12)11-3-1-10(2-4-11)13(18)19;/h1-4,15H,5-9H2,(H,18,19);1H. The lowest BCUT2D eigenvalue weighted by atomic mass is 9.90. The van der Waals surface area contributed by atoms with Gasteiger partial charge in [0.15, 0.2) is 0 Å². The van der Waals surface area contributed by atoms with E-state index in [0.29, 0.717) is 12.1 Å². The highest BCUT2D eigenvalue weighted by Gasteiger charge is 2.46. The Morgan fingerprint density at radius 2 is 1.86 bits per heavy atom. The van der Waals surface area contributed by atoms with E-state index in [2.05, 4.69) is 5.32 Å². The number of carbonyl (C=O) groups excluding carboxylic acids is 1. The number of hydroxylamine groups is 1. The molecule has 1 amide bonds. The van der Waals surface area contributed by atoms with E-state index in [1.54, 1.807) is 12.1 Å². The van der Waals surface area contributed by atoms with Crippen LogP contribution in [0.1, 0.15) is 29.6 Å². The van der Waals surface area contributed by atoms with Crippen molar-refractivity contribution >= 4 is 30.0 Å². The first-order valence-electron chi connectivity index (χ1n) is 6.66. The molecule has 1 aromatic carbocycles. The van der Waals surface area contributed by atoms with Crippen LogP contribution in [0.5, 0.6) is 0 Å². The minimum absolute atomic E-state index is 0. The van der Waals surface area contributed by atoms with Crippen LogP contribution >= 0.6 is 12.4 Å². The summed E-state index contributed by atoms with van der Waals surface area (Å²) in [5, 5.41) is 13.4. The fourth-order valence-corrected chi connectivity index (χ4v) is 2.71. The second kappa shape index (κ2) is 6.01. The van der Waals surface area contributed by atoms with E-state index in [4.69, 9.17) is 9.94 Å². The average molecular weight is 313 g/mol. The summed E-state index contributed by atoms with van der Waals surface area (Å²) in [6.45, 7) is 1.69. The van der Waals surface area contributed by atoms with E-state index in [1.165, 1.54) is 17.2 Å². The van der Waals surface area contributed by atoms with Crippen LogP contribution < -0.4 is 10.4 Å². The smallest absolute Gasteiger partial charge is 0.335 e. The van der Waals surface area contributed by atoms with Gasteiger partial charge >= 0.3 is 5.97 Å². The highest BCUT2D eigenvalue weighted by molar-refractivity contribution is 5.95. The summed E-state index contributed by atoms with van der Waals surface area (Å²) in [4.78, 5) is 28.8. The first-order valence-corrected chi connectivity index (χ1v) is 6.66. The average Bonchev–Trinajstić information content (AvgIpc) is 2.76. The minimum Gasteiger partial charge on any atom is -0.478 e. The maximum Gasteiger partial charge on any atom is 0.335 e. The quantitative estimate of drug-likeness (QED) is 0.867. The van der Waals surface area contributed by atoms with Crippen molar-refractivity contribution in [3.8, 4) is 0 Å². The van der Waals surface area contributed by atoms with Gasteiger partial charge in [-0.1, -0.05) is 0 Å². The molecule has 0 unspecified atom stereocenters. The zero-order valence-electron chi connectivity index (χ0n) is 11.4. The molecule has 0 atom stereocenters. The summed E-state index contributed by atoms with van der Waals surface area (Å²) in [6, 6.07) is 6.15. The Balaban J connectivity index is 0.00000161. The number of piperidine rings is 1. The largest absolute Gasteiger partial charge is 0.478 e. The molecule has 0 saturated carbocycles. The lowest BCUT2D eigenvalue weighted by molar-refractivity contribution is -0.119. The van der Waals surface area contributed by atoms with Gasteiger partial charge in [-0.15, -0.1) is 12.4 Å². The number of amides is 1. The van der Waals surface area contributed by atoms with Crippen LogP contribution in [-0.2, 0) is 9.63 Å². The van der Waals surface area contributed by atoms with E-state index in [9.17, 15) is 9.59 Å². The maximum absolute atomic E-state index is 12.1. The normalized spacial score (nSPS) is 20.4. The van der Waals surface area contributed by atoms with E-state index in [0.717, 1.165) is 25.9 Å². The number of nitrogens with one attached hydrogen (secondary N) is 1. The van der Waals surface area contributed by atoms with Gasteiger partial charge in [-0.2, -0.15) is 5.06 Å². The number of aromatic carboxylic acids is 1. The molecular weight excluding hydrogens is 296 g/mol. The monoisotopic (exact) mass is 312 g/mol. The third-order valence-corrected chi connectivity index (χ3v) is 3.85. The summed E-state index contributed by atoms with van der Waals surface area (Å²) < 4.78 is 0. The van der Waals surface area contributed by atoms with Crippen LogP contribution in [0.4, 0.5) is 5.69 Å². The van der Waals surface area contributed by atoms with Gasteiger partial charge in [0, 0.05) is 0 Å². The molecular formula is C14H17ClN2O4. The van der Waals surface area contributed by atoms with E-state index in [-0.39, 0.29) is 23.9 Å². The number of rotatable bonds is 2. The molecule has 2 saturated heterocycles. The topological polar surface area (TPSA) is 78.9 Å². The molecule has 114 valence electrons. The molecule has 0 bridgehead atoms. The molecule has 6 nitrogen and oxygen atoms in total. The zero-order valence-corrected chi connectivity index (χ0v) is 12.2. The SMILES string of the molecule is Cl.O=C(O)c1ccc(N2OC3(CCNCC3)CC2=O)cc1. The zero-order chi connectivity index (χ0) is 14.2. The van der Waals surface area contributed by atoms with Crippen molar-refractivity contribution in [3.05, 3.63) is 29.8 Å². The third-order valence-electron chi connectivity index (χ3n) is 3.85. The van der Waals surface area contributed by atoms with E-state index < -0.39 is 11.6 Å². The van der Waals surface area contributed by atoms with Gasteiger partial charge in [0.2, 0.25) is 0 Å². The number of hydrogen-bond acceptors (Lipinski definition) is 4. The van der Waals surface area contributed by atoms with Gasteiger partial charge < -0.3 is 10.4 Å². The van der Waals surface area contributed by atoms with E-state index >= 15 is 0 Å².